The van der Waals surface area contributed by atoms with Gasteiger partial charge >= 0.3 is 5.97 Å². The summed E-state index contributed by atoms with van der Waals surface area (Å²) in [5, 5.41) is 8.88. The molecule has 1 aromatic carbocycles. The highest BCUT2D eigenvalue weighted by molar-refractivity contribution is 5.75. The molecule has 0 aliphatic heterocycles. The quantitative estimate of drug-likeness (QED) is 0.575. The van der Waals surface area contributed by atoms with E-state index >= 15 is 0 Å². The van der Waals surface area contributed by atoms with Crippen molar-refractivity contribution in [2.24, 2.45) is 5.92 Å². The molecule has 0 spiro atoms. The molecule has 1 aromatic rings. The van der Waals surface area contributed by atoms with Crippen LogP contribution in [-0.4, -0.2) is 38.2 Å². The molecular weight excluding hydrogens is 248 g/mol. The maximum atomic E-state index is 10.8. The number of rotatable bonds is 8. The van der Waals surface area contributed by atoms with Crippen molar-refractivity contribution in [3.63, 3.8) is 0 Å². The molecule has 1 aliphatic rings. The second kappa shape index (κ2) is 6.54. The van der Waals surface area contributed by atoms with Gasteiger partial charge in [-0.2, -0.15) is 0 Å². The van der Waals surface area contributed by atoms with Gasteiger partial charge in [-0.05, 0) is 30.0 Å². The lowest BCUT2D eigenvalue weighted by atomic mass is 10.1. The van der Waals surface area contributed by atoms with Crippen molar-refractivity contribution in [2.75, 3.05) is 27.1 Å². The van der Waals surface area contributed by atoms with Crippen molar-refractivity contribution >= 4 is 5.97 Å². The van der Waals surface area contributed by atoms with Crippen molar-refractivity contribution in [1.29, 1.82) is 0 Å². The molecule has 1 fully saturated rings. The lowest BCUT2D eigenvalue weighted by Gasteiger charge is -2.07. The highest BCUT2D eigenvalue weighted by atomic mass is 16.7. The van der Waals surface area contributed by atoms with Gasteiger partial charge in [-0.15, -0.1) is 0 Å². The first-order valence-corrected chi connectivity index (χ1v) is 6.24. The van der Waals surface area contributed by atoms with Gasteiger partial charge in [0.15, 0.2) is 6.79 Å². The van der Waals surface area contributed by atoms with Gasteiger partial charge in [0.05, 0.1) is 19.1 Å². The van der Waals surface area contributed by atoms with E-state index in [0.29, 0.717) is 19.0 Å². The Morgan fingerprint density at radius 3 is 2.63 bits per heavy atom. The SMILES string of the molecule is COCCOCOc1ccc(C2CC2C(=O)O)cc1. The molecule has 0 heterocycles. The summed E-state index contributed by atoms with van der Waals surface area (Å²) >= 11 is 0. The third-order valence-electron chi connectivity index (χ3n) is 3.16. The Labute approximate surface area is 112 Å². The fraction of sp³-hybridized carbons (Fsp3) is 0.500. The van der Waals surface area contributed by atoms with E-state index in [-0.39, 0.29) is 18.6 Å². The van der Waals surface area contributed by atoms with E-state index in [0.717, 1.165) is 12.0 Å². The predicted molar refractivity (Wildman–Crippen MR) is 68.2 cm³/mol. The molecule has 0 aromatic heterocycles. The fourth-order valence-electron chi connectivity index (χ4n) is 1.96. The molecule has 1 saturated carbocycles. The predicted octanol–water partition coefficient (Wildman–Crippen LogP) is 1.87. The van der Waals surface area contributed by atoms with Crippen molar-refractivity contribution in [2.45, 2.75) is 12.3 Å². The van der Waals surface area contributed by atoms with Crippen LogP contribution in [-0.2, 0) is 14.3 Å². The molecule has 5 heteroatoms. The molecule has 0 amide bonds. The van der Waals surface area contributed by atoms with E-state index < -0.39 is 5.97 Å². The maximum absolute atomic E-state index is 10.8. The van der Waals surface area contributed by atoms with E-state index in [1.807, 2.05) is 24.3 Å². The summed E-state index contributed by atoms with van der Waals surface area (Å²) in [4.78, 5) is 10.8. The van der Waals surface area contributed by atoms with E-state index in [1.165, 1.54) is 0 Å². The Kier molecular flexibility index (Phi) is 4.76. The van der Waals surface area contributed by atoms with Crippen LogP contribution in [0.1, 0.15) is 17.9 Å². The Bertz CT molecular complexity index is 414. The number of aliphatic carboxylic acids is 1. The van der Waals surface area contributed by atoms with E-state index in [9.17, 15) is 4.79 Å². The summed E-state index contributed by atoms with van der Waals surface area (Å²) in [7, 11) is 1.62. The third-order valence-corrected chi connectivity index (χ3v) is 3.16. The number of hydrogen-bond acceptors (Lipinski definition) is 4. The first-order valence-electron chi connectivity index (χ1n) is 6.24. The molecule has 5 nitrogen and oxygen atoms in total. The van der Waals surface area contributed by atoms with Crippen LogP contribution in [0.3, 0.4) is 0 Å². The zero-order valence-electron chi connectivity index (χ0n) is 10.9. The van der Waals surface area contributed by atoms with Gasteiger partial charge in [0.25, 0.3) is 0 Å². The Morgan fingerprint density at radius 2 is 2.05 bits per heavy atom. The molecule has 19 heavy (non-hydrogen) atoms. The molecule has 2 rings (SSSR count). The second-order valence-corrected chi connectivity index (χ2v) is 4.52. The van der Waals surface area contributed by atoms with Gasteiger partial charge in [0.1, 0.15) is 5.75 Å². The summed E-state index contributed by atoms with van der Waals surface area (Å²) in [6.45, 7) is 1.22. The largest absolute Gasteiger partial charge is 0.481 e. The zero-order valence-corrected chi connectivity index (χ0v) is 10.9. The van der Waals surface area contributed by atoms with Crippen LogP contribution < -0.4 is 4.74 Å². The van der Waals surface area contributed by atoms with Crippen molar-refractivity contribution in [3.05, 3.63) is 29.8 Å². The minimum atomic E-state index is -0.711. The molecule has 2 unspecified atom stereocenters. The minimum Gasteiger partial charge on any atom is -0.481 e. The number of methoxy groups -OCH3 is 1. The third kappa shape index (κ3) is 3.94. The molecule has 1 N–H and O–H groups in total. The van der Waals surface area contributed by atoms with Gasteiger partial charge in [-0.1, -0.05) is 12.1 Å². The number of ether oxygens (including phenoxy) is 3. The minimum absolute atomic E-state index is 0.157. The topological polar surface area (TPSA) is 65.0 Å². The van der Waals surface area contributed by atoms with Gasteiger partial charge in [-0.25, -0.2) is 0 Å². The smallest absolute Gasteiger partial charge is 0.307 e. The van der Waals surface area contributed by atoms with Crippen LogP contribution >= 0.6 is 0 Å². The average Bonchev–Trinajstić information content (AvgIpc) is 3.20. The molecule has 0 bridgehead atoms. The Hall–Kier alpha value is -1.59. The highest BCUT2D eigenvalue weighted by Crippen LogP contribution is 2.47. The Balaban J connectivity index is 1.75. The molecule has 104 valence electrons. The summed E-state index contributed by atoms with van der Waals surface area (Å²) in [5.74, 6) is -0.0563. The van der Waals surface area contributed by atoms with Crippen molar-refractivity contribution in [1.82, 2.24) is 0 Å². The maximum Gasteiger partial charge on any atom is 0.307 e. The van der Waals surface area contributed by atoms with Crippen LogP contribution in [0.15, 0.2) is 24.3 Å². The lowest BCUT2D eigenvalue weighted by Crippen LogP contribution is -2.07. The van der Waals surface area contributed by atoms with Crippen molar-refractivity contribution in [3.8, 4) is 5.75 Å². The standard InChI is InChI=1S/C14H18O5/c1-17-6-7-18-9-19-11-4-2-10(3-5-11)12-8-13(12)14(15)16/h2-5,12-13H,6-9H2,1H3,(H,15,16). The fourth-order valence-corrected chi connectivity index (χ4v) is 1.96. The second-order valence-electron chi connectivity index (χ2n) is 4.52. The summed E-state index contributed by atoms with van der Waals surface area (Å²) < 4.78 is 15.4. The van der Waals surface area contributed by atoms with E-state index in [2.05, 4.69) is 0 Å². The van der Waals surface area contributed by atoms with Gasteiger partial charge in [-0.3, -0.25) is 4.79 Å². The number of carboxylic acids is 1. The molecule has 1 aliphatic carbocycles. The summed E-state index contributed by atoms with van der Waals surface area (Å²) in [5.41, 5.74) is 1.06. The highest BCUT2D eigenvalue weighted by Gasteiger charge is 2.43. The van der Waals surface area contributed by atoms with Crippen LogP contribution in [0.2, 0.25) is 0 Å². The molecule has 0 radical (unpaired) electrons. The van der Waals surface area contributed by atoms with Gasteiger partial charge in [0.2, 0.25) is 0 Å². The zero-order chi connectivity index (χ0) is 13.7. The van der Waals surface area contributed by atoms with E-state index in [4.69, 9.17) is 19.3 Å². The number of hydrogen-bond donors (Lipinski definition) is 1. The first-order chi connectivity index (χ1) is 9.22. The van der Waals surface area contributed by atoms with Crippen LogP contribution in [0.5, 0.6) is 5.75 Å². The first kappa shape index (κ1) is 13.8. The molecule has 2 atom stereocenters. The molecule has 0 saturated heterocycles. The average molecular weight is 266 g/mol. The van der Waals surface area contributed by atoms with Crippen LogP contribution in [0.4, 0.5) is 0 Å². The normalized spacial score (nSPS) is 21.1. The van der Waals surface area contributed by atoms with Crippen LogP contribution in [0, 0.1) is 5.92 Å². The van der Waals surface area contributed by atoms with Crippen molar-refractivity contribution < 1.29 is 24.1 Å². The Morgan fingerprint density at radius 1 is 1.32 bits per heavy atom. The van der Waals surface area contributed by atoms with E-state index in [1.54, 1.807) is 7.11 Å². The number of benzene rings is 1. The molecular formula is C14H18O5. The summed E-state index contributed by atoms with van der Waals surface area (Å²) in [6.07, 6.45) is 0.732. The van der Waals surface area contributed by atoms with Gasteiger partial charge < -0.3 is 19.3 Å². The summed E-state index contributed by atoms with van der Waals surface area (Å²) in [6, 6.07) is 7.51. The lowest BCUT2D eigenvalue weighted by molar-refractivity contribution is -0.138. The van der Waals surface area contributed by atoms with Crippen LogP contribution in [0.25, 0.3) is 0 Å². The number of carboxylic acid groups (broad SMARTS) is 1. The monoisotopic (exact) mass is 266 g/mol. The number of carbonyl (C=O) groups is 1. The van der Waals surface area contributed by atoms with Gasteiger partial charge in [0, 0.05) is 7.11 Å².